The Kier molecular flexibility index (Phi) is 3.53. The van der Waals surface area contributed by atoms with Crippen molar-refractivity contribution in [2.24, 2.45) is 5.73 Å². The van der Waals surface area contributed by atoms with Gasteiger partial charge in [0.2, 0.25) is 0 Å². The summed E-state index contributed by atoms with van der Waals surface area (Å²) < 4.78 is 0. The monoisotopic (exact) mass is 247 g/mol. The van der Waals surface area contributed by atoms with Crippen molar-refractivity contribution in [1.29, 1.82) is 0 Å². The van der Waals surface area contributed by atoms with E-state index < -0.39 is 0 Å². The number of benzene rings is 1. The standard InChI is InChI=1S/C13H17N3O2/c1-8-12(13(18)15-6-2-5-14)10-7-9(17)3-4-11(10)16-8/h3-4,7,16-17H,2,5-6,14H2,1H3,(H,15,18). The van der Waals surface area contributed by atoms with Crippen molar-refractivity contribution in [3.8, 4) is 5.75 Å². The lowest BCUT2D eigenvalue weighted by Gasteiger charge is -2.04. The van der Waals surface area contributed by atoms with Crippen molar-refractivity contribution < 1.29 is 9.90 Å². The number of nitrogens with one attached hydrogen (secondary N) is 2. The molecule has 0 saturated heterocycles. The predicted octanol–water partition coefficient (Wildman–Crippen LogP) is 1.26. The molecule has 2 rings (SSSR count). The van der Waals surface area contributed by atoms with E-state index in [0.29, 0.717) is 18.7 Å². The fraction of sp³-hybridized carbons (Fsp3) is 0.308. The average molecular weight is 247 g/mol. The molecule has 5 heteroatoms. The zero-order chi connectivity index (χ0) is 13.1. The number of carbonyl (C=O) groups excluding carboxylic acids is 1. The van der Waals surface area contributed by atoms with Gasteiger partial charge in [0, 0.05) is 23.1 Å². The van der Waals surface area contributed by atoms with Gasteiger partial charge in [0.15, 0.2) is 0 Å². The van der Waals surface area contributed by atoms with Crippen molar-refractivity contribution in [2.45, 2.75) is 13.3 Å². The van der Waals surface area contributed by atoms with E-state index >= 15 is 0 Å². The van der Waals surface area contributed by atoms with Crippen LogP contribution in [0.1, 0.15) is 22.5 Å². The van der Waals surface area contributed by atoms with Gasteiger partial charge in [-0.2, -0.15) is 0 Å². The average Bonchev–Trinajstić information content (AvgIpc) is 2.64. The molecule has 1 amide bonds. The molecule has 18 heavy (non-hydrogen) atoms. The maximum absolute atomic E-state index is 12.1. The van der Waals surface area contributed by atoms with E-state index in [1.807, 2.05) is 6.92 Å². The molecule has 0 unspecified atom stereocenters. The van der Waals surface area contributed by atoms with Gasteiger partial charge in [-0.1, -0.05) is 0 Å². The molecule has 0 spiro atoms. The van der Waals surface area contributed by atoms with Crippen LogP contribution >= 0.6 is 0 Å². The minimum atomic E-state index is -0.141. The quantitative estimate of drug-likeness (QED) is 0.613. The highest BCUT2D eigenvalue weighted by molar-refractivity contribution is 6.08. The second kappa shape index (κ2) is 5.10. The van der Waals surface area contributed by atoms with E-state index in [1.54, 1.807) is 18.2 Å². The number of aromatic nitrogens is 1. The second-order valence-corrected chi connectivity index (χ2v) is 4.25. The summed E-state index contributed by atoms with van der Waals surface area (Å²) in [6, 6.07) is 4.94. The van der Waals surface area contributed by atoms with Crippen LogP contribution in [-0.2, 0) is 0 Å². The molecule has 0 bridgehead atoms. The number of aryl methyl sites for hydroxylation is 1. The highest BCUT2D eigenvalue weighted by Gasteiger charge is 2.15. The summed E-state index contributed by atoms with van der Waals surface area (Å²) in [6.45, 7) is 2.95. The molecule has 1 aromatic heterocycles. The minimum absolute atomic E-state index is 0.141. The van der Waals surface area contributed by atoms with Gasteiger partial charge in [0.25, 0.3) is 5.91 Å². The van der Waals surface area contributed by atoms with Gasteiger partial charge in [0.1, 0.15) is 5.75 Å². The third kappa shape index (κ3) is 2.31. The molecule has 0 fully saturated rings. The minimum Gasteiger partial charge on any atom is -0.508 e. The van der Waals surface area contributed by atoms with Crippen LogP contribution in [0.25, 0.3) is 10.9 Å². The Balaban J connectivity index is 2.34. The highest BCUT2D eigenvalue weighted by atomic mass is 16.3. The van der Waals surface area contributed by atoms with Gasteiger partial charge in [-0.25, -0.2) is 0 Å². The van der Waals surface area contributed by atoms with Crippen molar-refractivity contribution in [2.75, 3.05) is 13.1 Å². The van der Waals surface area contributed by atoms with Gasteiger partial charge in [0.05, 0.1) is 5.56 Å². The molecule has 0 aliphatic rings. The summed E-state index contributed by atoms with van der Waals surface area (Å²) in [5, 5.41) is 13.0. The zero-order valence-electron chi connectivity index (χ0n) is 10.3. The molecule has 0 radical (unpaired) electrons. The topological polar surface area (TPSA) is 91.1 Å². The number of H-pyrrole nitrogens is 1. The van der Waals surface area contributed by atoms with E-state index in [4.69, 9.17) is 5.73 Å². The van der Waals surface area contributed by atoms with Crippen LogP contribution in [0.3, 0.4) is 0 Å². The fourth-order valence-corrected chi connectivity index (χ4v) is 2.00. The molecule has 0 saturated carbocycles. The first-order valence-corrected chi connectivity index (χ1v) is 5.93. The first-order valence-electron chi connectivity index (χ1n) is 5.93. The molecule has 1 heterocycles. The third-order valence-electron chi connectivity index (χ3n) is 2.86. The molecular weight excluding hydrogens is 230 g/mol. The molecule has 0 atom stereocenters. The van der Waals surface area contributed by atoms with Crippen molar-refractivity contribution >= 4 is 16.8 Å². The van der Waals surface area contributed by atoms with Crippen LogP contribution < -0.4 is 11.1 Å². The van der Waals surface area contributed by atoms with Crippen molar-refractivity contribution in [3.05, 3.63) is 29.5 Å². The summed E-state index contributed by atoms with van der Waals surface area (Å²) >= 11 is 0. The lowest BCUT2D eigenvalue weighted by Crippen LogP contribution is -2.26. The molecule has 5 nitrogen and oxygen atoms in total. The smallest absolute Gasteiger partial charge is 0.253 e. The van der Waals surface area contributed by atoms with Gasteiger partial charge in [-0.15, -0.1) is 0 Å². The van der Waals surface area contributed by atoms with Crippen LogP contribution in [0.5, 0.6) is 5.75 Å². The first-order chi connectivity index (χ1) is 8.63. The molecule has 0 aliphatic carbocycles. The Hall–Kier alpha value is -2.01. The maximum atomic E-state index is 12.1. The number of aromatic amines is 1. The molecule has 2 aromatic rings. The summed E-state index contributed by atoms with van der Waals surface area (Å²) in [7, 11) is 0. The number of rotatable bonds is 4. The Bertz CT molecular complexity index is 575. The van der Waals surface area contributed by atoms with Gasteiger partial charge < -0.3 is 21.1 Å². The molecule has 1 aromatic carbocycles. The lowest BCUT2D eigenvalue weighted by atomic mass is 10.1. The third-order valence-corrected chi connectivity index (χ3v) is 2.86. The van der Waals surface area contributed by atoms with Crippen LogP contribution in [-0.4, -0.2) is 29.1 Å². The van der Waals surface area contributed by atoms with Gasteiger partial charge >= 0.3 is 0 Å². The van der Waals surface area contributed by atoms with Crippen LogP contribution in [0.2, 0.25) is 0 Å². The second-order valence-electron chi connectivity index (χ2n) is 4.25. The number of phenols is 1. The maximum Gasteiger partial charge on any atom is 0.253 e. The summed E-state index contributed by atoms with van der Waals surface area (Å²) in [5.74, 6) is 0.00954. The van der Waals surface area contributed by atoms with E-state index in [1.165, 1.54) is 0 Å². The predicted molar refractivity (Wildman–Crippen MR) is 70.7 cm³/mol. The number of amides is 1. The van der Waals surface area contributed by atoms with Gasteiger partial charge in [-0.05, 0) is 38.1 Å². The summed E-state index contributed by atoms with van der Waals surface area (Å²) in [5.41, 5.74) is 7.60. The van der Waals surface area contributed by atoms with Crippen LogP contribution in [0.15, 0.2) is 18.2 Å². The SMILES string of the molecule is Cc1[nH]c2ccc(O)cc2c1C(=O)NCCCN. The number of nitrogens with two attached hydrogens (primary N) is 1. The molecule has 0 aliphatic heterocycles. The fourth-order valence-electron chi connectivity index (χ4n) is 2.00. The zero-order valence-corrected chi connectivity index (χ0v) is 10.3. The first kappa shape index (κ1) is 12.4. The van der Waals surface area contributed by atoms with E-state index in [2.05, 4.69) is 10.3 Å². The Labute approximate surface area is 105 Å². The Morgan fingerprint density at radius 2 is 2.28 bits per heavy atom. The van der Waals surface area contributed by atoms with E-state index in [9.17, 15) is 9.90 Å². The Morgan fingerprint density at radius 3 is 3.00 bits per heavy atom. The van der Waals surface area contributed by atoms with Crippen LogP contribution in [0.4, 0.5) is 0 Å². The lowest BCUT2D eigenvalue weighted by molar-refractivity contribution is 0.0954. The number of hydrogen-bond acceptors (Lipinski definition) is 3. The molecule has 5 N–H and O–H groups in total. The summed E-state index contributed by atoms with van der Waals surface area (Å²) in [4.78, 5) is 15.2. The number of fused-ring (bicyclic) bond motifs is 1. The Morgan fingerprint density at radius 1 is 1.50 bits per heavy atom. The number of carbonyl (C=O) groups is 1. The number of hydrogen-bond donors (Lipinski definition) is 4. The van der Waals surface area contributed by atoms with E-state index in [0.717, 1.165) is 23.0 Å². The highest BCUT2D eigenvalue weighted by Crippen LogP contribution is 2.25. The van der Waals surface area contributed by atoms with E-state index in [-0.39, 0.29) is 11.7 Å². The molecular formula is C13H17N3O2. The van der Waals surface area contributed by atoms with Crippen molar-refractivity contribution in [3.63, 3.8) is 0 Å². The van der Waals surface area contributed by atoms with Crippen LogP contribution in [0, 0.1) is 6.92 Å². The largest absolute Gasteiger partial charge is 0.508 e. The molecule has 96 valence electrons. The number of aromatic hydroxyl groups is 1. The summed E-state index contributed by atoms with van der Waals surface area (Å²) in [6.07, 6.45) is 0.748. The number of phenolic OH excluding ortho intramolecular Hbond substituents is 1. The van der Waals surface area contributed by atoms with Gasteiger partial charge in [-0.3, -0.25) is 4.79 Å². The van der Waals surface area contributed by atoms with Crippen molar-refractivity contribution in [1.82, 2.24) is 10.3 Å². The normalized spacial score (nSPS) is 10.8.